The van der Waals surface area contributed by atoms with Gasteiger partial charge in [0.15, 0.2) is 5.82 Å². The molecule has 2 bridgehead atoms. The van der Waals surface area contributed by atoms with Gasteiger partial charge in [-0.1, -0.05) is 48.5 Å². The van der Waals surface area contributed by atoms with E-state index in [1.807, 2.05) is 34.0 Å². The van der Waals surface area contributed by atoms with Crippen LogP contribution in [0.1, 0.15) is 47.2 Å². The summed E-state index contributed by atoms with van der Waals surface area (Å²) in [4.78, 5) is 21.3. The van der Waals surface area contributed by atoms with Crippen molar-refractivity contribution in [3.63, 3.8) is 0 Å². The summed E-state index contributed by atoms with van der Waals surface area (Å²) in [7, 11) is 1.68. The summed E-state index contributed by atoms with van der Waals surface area (Å²) in [6, 6.07) is 25.2. The highest BCUT2D eigenvalue weighted by molar-refractivity contribution is 6.00. The number of nitrogens with zero attached hydrogens (tertiary/aromatic N) is 6. The number of rotatable bonds is 9. The van der Waals surface area contributed by atoms with Gasteiger partial charge in [0.2, 0.25) is 0 Å². The summed E-state index contributed by atoms with van der Waals surface area (Å²) in [5.74, 6) is 2.57. The summed E-state index contributed by atoms with van der Waals surface area (Å²) in [6.45, 7) is 2.93. The minimum absolute atomic E-state index is 0.00832. The van der Waals surface area contributed by atoms with Crippen LogP contribution < -0.4 is 10.5 Å². The first-order valence-electron chi connectivity index (χ1n) is 16.8. The van der Waals surface area contributed by atoms with E-state index in [9.17, 15) is 4.79 Å². The van der Waals surface area contributed by atoms with Crippen molar-refractivity contribution in [3.05, 3.63) is 102 Å². The molecular formula is C38H39N7O2. The number of para-hydroxylation sites is 1. The number of benzene rings is 3. The maximum atomic E-state index is 14.0. The molecular weight excluding hydrogens is 586 g/mol. The second-order valence-corrected chi connectivity index (χ2v) is 13.7. The molecule has 3 atom stereocenters. The molecule has 9 rings (SSSR count). The molecule has 2 aliphatic carbocycles. The van der Waals surface area contributed by atoms with Crippen LogP contribution in [-0.4, -0.2) is 60.4 Å². The molecule has 0 radical (unpaired) electrons. The van der Waals surface area contributed by atoms with Gasteiger partial charge in [0.05, 0.1) is 37.6 Å². The van der Waals surface area contributed by atoms with Crippen LogP contribution in [-0.2, 0) is 19.6 Å². The quantitative estimate of drug-likeness (QED) is 0.215. The van der Waals surface area contributed by atoms with Crippen molar-refractivity contribution in [1.82, 2.24) is 28.8 Å². The number of likely N-dealkylation sites (tertiary alicyclic amines) is 1. The third-order valence-corrected chi connectivity index (χ3v) is 10.6. The van der Waals surface area contributed by atoms with Gasteiger partial charge in [-0.25, -0.2) is 4.98 Å². The number of amides is 1. The second kappa shape index (κ2) is 11.1. The maximum Gasteiger partial charge on any atom is 0.254 e. The molecule has 3 aromatic heterocycles. The molecule has 9 nitrogen and oxygen atoms in total. The van der Waals surface area contributed by atoms with E-state index in [-0.39, 0.29) is 18.0 Å². The fourth-order valence-electron chi connectivity index (χ4n) is 7.99. The van der Waals surface area contributed by atoms with Crippen LogP contribution in [0.3, 0.4) is 0 Å². The molecule has 2 N–H and O–H groups in total. The van der Waals surface area contributed by atoms with Crippen molar-refractivity contribution < 1.29 is 9.53 Å². The first-order valence-corrected chi connectivity index (χ1v) is 16.8. The van der Waals surface area contributed by atoms with Gasteiger partial charge >= 0.3 is 0 Å². The Morgan fingerprint density at radius 1 is 0.936 bits per heavy atom. The van der Waals surface area contributed by atoms with Gasteiger partial charge in [-0.15, -0.1) is 0 Å². The zero-order valence-electron chi connectivity index (χ0n) is 26.6. The van der Waals surface area contributed by atoms with E-state index in [1.165, 1.54) is 29.3 Å². The first-order chi connectivity index (χ1) is 23.0. The smallest absolute Gasteiger partial charge is 0.254 e. The monoisotopic (exact) mass is 625 g/mol. The minimum atomic E-state index is 0.00832. The number of carbonyl (C=O) groups excluding carboxylic acids is 1. The lowest BCUT2D eigenvalue weighted by atomic mass is 10.1. The molecule has 0 spiro atoms. The molecule has 3 aromatic carbocycles. The Hall–Kier alpha value is -4.89. The molecule has 3 aliphatic rings. The first kappa shape index (κ1) is 28.3. The van der Waals surface area contributed by atoms with Crippen molar-refractivity contribution in [2.75, 3.05) is 13.7 Å². The minimum Gasteiger partial charge on any atom is -0.494 e. The number of methoxy groups -OCH3 is 1. The summed E-state index contributed by atoms with van der Waals surface area (Å²) in [6.07, 6.45) is 8.63. The van der Waals surface area contributed by atoms with Crippen molar-refractivity contribution >= 4 is 27.8 Å². The average Bonchev–Trinajstić information content (AvgIpc) is 3.37. The molecule has 1 saturated heterocycles. The molecule has 2 saturated carbocycles. The van der Waals surface area contributed by atoms with Crippen LogP contribution >= 0.6 is 0 Å². The van der Waals surface area contributed by atoms with E-state index in [4.69, 9.17) is 20.6 Å². The fourth-order valence-corrected chi connectivity index (χ4v) is 7.99. The van der Waals surface area contributed by atoms with Gasteiger partial charge in [-0.05, 0) is 67.3 Å². The van der Waals surface area contributed by atoms with Crippen LogP contribution in [0.15, 0.2) is 85.2 Å². The van der Waals surface area contributed by atoms with Crippen molar-refractivity contribution in [3.8, 4) is 17.3 Å². The number of fused-ring (bicyclic) bond motifs is 4. The molecule has 9 heteroatoms. The normalized spacial score (nSPS) is 20.6. The molecule has 238 valence electrons. The highest BCUT2D eigenvalue weighted by Gasteiger charge is 2.47. The molecule has 1 amide bonds. The summed E-state index contributed by atoms with van der Waals surface area (Å²) in [5, 5.41) is 5.90. The van der Waals surface area contributed by atoms with Gasteiger partial charge in [0, 0.05) is 53.4 Å². The zero-order valence-corrected chi connectivity index (χ0v) is 26.6. The van der Waals surface area contributed by atoms with E-state index in [0.717, 1.165) is 54.0 Å². The second-order valence-electron chi connectivity index (χ2n) is 13.7. The largest absolute Gasteiger partial charge is 0.494 e. The van der Waals surface area contributed by atoms with Crippen LogP contribution in [0.2, 0.25) is 0 Å². The fraction of sp³-hybridized carbons (Fsp3) is 0.342. The average molecular weight is 626 g/mol. The van der Waals surface area contributed by atoms with E-state index < -0.39 is 0 Å². The lowest BCUT2D eigenvalue weighted by Crippen LogP contribution is -2.41. The SMILES string of the molecule is COc1cc(C(=O)N2CC3CCC2[C@@H]3N)cc2nc(-c3cc4ccccc4n3CC3CC3)n(Cc3cnn(Cc4ccccc4)c3)c12. The topological polar surface area (TPSA) is 96.1 Å². The van der Waals surface area contributed by atoms with E-state index >= 15 is 0 Å². The van der Waals surface area contributed by atoms with Crippen LogP contribution in [0.25, 0.3) is 33.5 Å². The predicted octanol–water partition coefficient (Wildman–Crippen LogP) is 5.93. The van der Waals surface area contributed by atoms with Crippen molar-refractivity contribution in [1.29, 1.82) is 0 Å². The number of ether oxygens (including phenoxy) is 1. The summed E-state index contributed by atoms with van der Waals surface area (Å²) >= 11 is 0. The third kappa shape index (κ3) is 4.91. The number of piperidine rings is 1. The number of carbonyl (C=O) groups is 1. The number of nitrogens with two attached hydrogens (primary N) is 1. The van der Waals surface area contributed by atoms with E-state index in [0.29, 0.717) is 36.2 Å². The molecule has 1 aliphatic heterocycles. The predicted molar refractivity (Wildman–Crippen MR) is 182 cm³/mol. The lowest BCUT2D eigenvalue weighted by Gasteiger charge is -2.27. The third-order valence-electron chi connectivity index (χ3n) is 10.6. The molecule has 3 fully saturated rings. The lowest BCUT2D eigenvalue weighted by molar-refractivity contribution is 0.0700. The Labute approximate surface area is 273 Å². The van der Waals surface area contributed by atoms with Crippen molar-refractivity contribution in [2.24, 2.45) is 17.6 Å². The highest BCUT2D eigenvalue weighted by atomic mass is 16.5. The standard InChI is InChI=1S/C38H39N7O2/c1-47-34-17-29(38(46)44-23-28-13-14-32(44)35(28)39)15-30-36(34)45(22-26-18-40-42(20-26)19-24-7-3-2-4-8-24)37(41-30)33-16-27-9-5-6-10-31(27)43(33)21-25-11-12-25/h2-10,15-18,20,25,28,32,35H,11-14,19,21-23,39H2,1H3/t28?,32?,35-/m1/s1. The van der Waals surface area contributed by atoms with Gasteiger partial charge in [0.1, 0.15) is 11.3 Å². The van der Waals surface area contributed by atoms with Crippen molar-refractivity contribution in [2.45, 2.75) is 57.4 Å². The molecule has 47 heavy (non-hydrogen) atoms. The Morgan fingerprint density at radius 2 is 1.77 bits per heavy atom. The van der Waals surface area contributed by atoms with Crippen LogP contribution in [0.4, 0.5) is 0 Å². The van der Waals surface area contributed by atoms with Gasteiger partial charge < -0.3 is 24.5 Å². The number of imidazole rings is 1. The van der Waals surface area contributed by atoms with Gasteiger partial charge in [0.25, 0.3) is 5.91 Å². The summed E-state index contributed by atoms with van der Waals surface area (Å²) in [5.41, 5.74) is 13.3. The van der Waals surface area contributed by atoms with Gasteiger partial charge in [-0.3, -0.25) is 9.48 Å². The molecule has 2 unspecified atom stereocenters. The van der Waals surface area contributed by atoms with Gasteiger partial charge in [-0.2, -0.15) is 5.10 Å². The Balaban J connectivity index is 1.17. The van der Waals surface area contributed by atoms with E-state index in [1.54, 1.807) is 7.11 Å². The maximum absolute atomic E-state index is 14.0. The molecule has 4 heterocycles. The molecule has 6 aromatic rings. The number of aromatic nitrogens is 5. The Morgan fingerprint density at radius 3 is 2.53 bits per heavy atom. The highest BCUT2D eigenvalue weighted by Crippen LogP contribution is 2.40. The zero-order chi connectivity index (χ0) is 31.6. The van der Waals surface area contributed by atoms with Crippen LogP contribution in [0.5, 0.6) is 5.75 Å². The Bertz CT molecular complexity index is 2120. The number of hydrogen-bond acceptors (Lipinski definition) is 5. The van der Waals surface area contributed by atoms with Crippen LogP contribution in [0, 0.1) is 11.8 Å². The van der Waals surface area contributed by atoms with E-state index in [2.05, 4.69) is 69.9 Å². The summed E-state index contributed by atoms with van der Waals surface area (Å²) < 4.78 is 12.7. The number of hydrogen-bond donors (Lipinski definition) is 1. The Kier molecular flexibility index (Phi) is 6.71.